The zero-order valence-electron chi connectivity index (χ0n) is 24.8. The molecular formula is C33H33ClF2N4O4. The van der Waals surface area contributed by atoms with Crippen LogP contribution < -0.4 is 4.90 Å². The quantitative estimate of drug-likeness (QED) is 0.341. The Kier molecular flexibility index (Phi) is 7.53. The van der Waals surface area contributed by atoms with Crippen LogP contribution in [0.25, 0.3) is 16.8 Å². The zero-order valence-corrected chi connectivity index (χ0v) is 25.6. The number of carbonyl (C=O) groups is 1. The van der Waals surface area contributed by atoms with Gasteiger partial charge in [0.15, 0.2) is 17.8 Å². The van der Waals surface area contributed by atoms with E-state index in [1.807, 2.05) is 32.6 Å². The summed E-state index contributed by atoms with van der Waals surface area (Å²) in [6, 6.07) is 6.58. The molecule has 0 radical (unpaired) electrons. The summed E-state index contributed by atoms with van der Waals surface area (Å²) in [6.07, 6.45) is 1.41. The topological polar surface area (TPSA) is 89.4 Å². The van der Waals surface area contributed by atoms with E-state index in [9.17, 15) is 15.0 Å². The van der Waals surface area contributed by atoms with Gasteiger partial charge in [0.25, 0.3) is 0 Å². The van der Waals surface area contributed by atoms with E-state index in [2.05, 4.69) is 11.6 Å². The number of fused-ring (bicyclic) bond motifs is 4. The van der Waals surface area contributed by atoms with Crippen LogP contribution in [0.5, 0.6) is 5.75 Å². The minimum atomic E-state index is -1.50. The predicted molar refractivity (Wildman–Crippen MR) is 164 cm³/mol. The lowest BCUT2D eigenvalue weighted by Gasteiger charge is -2.52. The van der Waals surface area contributed by atoms with Gasteiger partial charge >= 0.3 is 0 Å². The van der Waals surface area contributed by atoms with Crippen molar-refractivity contribution in [3.05, 3.63) is 88.4 Å². The van der Waals surface area contributed by atoms with Gasteiger partial charge in [-0.25, -0.2) is 8.78 Å². The van der Waals surface area contributed by atoms with E-state index in [1.54, 1.807) is 17.2 Å². The lowest BCUT2D eigenvalue weighted by atomic mass is 9.90. The molecular weight excluding hydrogens is 590 g/mol. The van der Waals surface area contributed by atoms with Crippen LogP contribution in [0.4, 0.5) is 20.2 Å². The number of rotatable bonds is 4. The number of benzene rings is 2. The Morgan fingerprint density at radius 1 is 1.20 bits per heavy atom. The third-order valence-electron chi connectivity index (χ3n) is 8.60. The van der Waals surface area contributed by atoms with E-state index in [1.165, 1.54) is 35.2 Å². The number of aromatic hydroxyl groups is 1. The normalized spacial score (nSPS) is 21.1. The number of aryl methyl sites for hydroxylation is 1. The Morgan fingerprint density at radius 3 is 2.64 bits per heavy atom. The molecule has 1 aromatic heterocycles. The Hall–Kier alpha value is -4.15. The van der Waals surface area contributed by atoms with Gasteiger partial charge in [0, 0.05) is 36.5 Å². The first-order chi connectivity index (χ1) is 21.0. The van der Waals surface area contributed by atoms with Gasteiger partial charge in [0.1, 0.15) is 18.2 Å². The van der Waals surface area contributed by atoms with Gasteiger partial charge in [-0.1, -0.05) is 38.1 Å². The van der Waals surface area contributed by atoms with Crippen molar-refractivity contribution in [3.8, 4) is 16.9 Å². The molecule has 3 aliphatic heterocycles. The van der Waals surface area contributed by atoms with Crippen molar-refractivity contribution in [2.24, 2.45) is 0 Å². The Balaban J connectivity index is 1.64. The highest BCUT2D eigenvalue weighted by atomic mass is 35.5. The third kappa shape index (κ3) is 4.50. The monoisotopic (exact) mass is 622 g/mol. The van der Waals surface area contributed by atoms with E-state index in [0.717, 1.165) is 0 Å². The summed E-state index contributed by atoms with van der Waals surface area (Å²) in [4.78, 5) is 22.2. The van der Waals surface area contributed by atoms with Crippen LogP contribution in [0, 0.1) is 18.6 Å². The molecule has 2 aromatic carbocycles. The molecule has 4 heterocycles. The molecule has 2 N–H and O–H groups in total. The molecule has 0 bridgehead atoms. The maximum atomic E-state index is 17.2. The number of hydrogen-bond acceptors (Lipinski definition) is 7. The molecule has 6 rings (SSSR count). The fraction of sp³-hybridized carbons (Fsp3) is 0.333. The standard InChI is InChI=1S/C33H33ClF2N4O4/c1-6-24(42)38-14-19-15-44-32-31(39(19)13-18(38)5)20-12-22(35)26(25-21(34)8-7-9-23(25)41)27(36)30(20)40(33(32)43)29-17(4)10-11-37-28(29)16(2)3/h6-12,16,18-19,33,41,43H,1,13-15H2,2-5H3. The summed E-state index contributed by atoms with van der Waals surface area (Å²) in [6.45, 7) is 12.0. The number of hydrogen-bond donors (Lipinski definition) is 2. The van der Waals surface area contributed by atoms with Crippen molar-refractivity contribution >= 4 is 34.6 Å². The first-order valence-corrected chi connectivity index (χ1v) is 14.8. The van der Waals surface area contributed by atoms with Gasteiger partial charge in [-0.2, -0.15) is 0 Å². The molecule has 0 spiro atoms. The number of anilines is 2. The van der Waals surface area contributed by atoms with Gasteiger partial charge in [-0.3, -0.25) is 9.78 Å². The van der Waals surface area contributed by atoms with Crippen molar-refractivity contribution in [3.63, 3.8) is 0 Å². The van der Waals surface area contributed by atoms with E-state index in [-0.39, 0.29) is 58.1 Å². The lowest BCUT2D eigenvalue weighted by Crippen LogP contribution is -2.61. The number of phenols is 1. The summed E-state index contributed by atoms with van der Waals surface area (Å²) >= 11 is 6.39. The Labute approximate surface area is 259 Å². The van der Waals surface area contributed by atoms with Crippen molar-refractivity contribution in [2.45, 2.75) is 51.9 Å². The first kappa shape index (κ1) is 29.9. The highest BCUT2D eigenvalue weighted by Gasteiger charge is 2.47. The van der Waals surface area contributed by atoms with Crippen molar-refractivity contribution in [2.75, 3.05) is 24.6 Å². The van der Waals surface area contributed by atoms with Crippen LogP contribution in [-0.2, 0) is 9.53 Å². The summed E-state index contributed by atoms with van der Waals surface area (Å²) in [5.41, 5.74) is 1.45. The number of pyridine rings is 1. The van der Waals surface area contributed by atoms with Gasteiger partial charge in [-0.05, 0) is 55.7 Å². The number of piperazine rings is 1. The molecule has 1 saturated heterocycles. The number of aromatic nitrogens is 1. The number of ether oxygens (including phenoxy) is 1. The number of aliphatic hydroxyl groups excluding tert-OH is 1. The van der Waals surface area contributed by atoms with Crippen LogP contribution in [0.1, 0.15) is 43.5 Å². The van der Waals surface area contributed by atoms with Gasteiger partial charge in [0.2, 0.25) is 5.91 Å². The van der Waals surface area contributed by atoms with E-state index in [4.69, 9.17) is 16.3 Å². The number of carbonyl (C=O) groups excluding carboxylic acids is 1. The second-order valence-corrected chi connectivity index (χ2v) is 12.1. The van der Waals surface area contributed by atoms with E-state index < -0.39 is 29.2 Å². The van der Waals surface area contributed by atoms with Gasteiger partial charge in [0.05, 0.1) is 39.4 Å². The number of halogens is 3. The number of aliphatic hydroxyl groups is 1. The Bertz CT molecular complexity index is 1710. The molecule has 1 fully saturated rings. The van der Waals surface area contributed by atoms with E-state index >= 15 is 8.78 Å². The summed E-state index contributed by atoms with van der Waals surface area (Å²) in [7, 11) is 0. The second-order valence-electron chi connectivity index (χ2n) is 11.7. The summed E-state index contributed by atoms with van der Waals surface area (Å²) in [5, 5.41) is 22.7. The second kappa shape index (κ2) is 11.1. The first-order valence-electron chi connectivity index (χ1n) is 14.5. The maximum absolute atomic E-state index is 17.2. The predicted octanol–water partition coefficient (Wildman–Crippen LogP) is 6.07. The molecule has 3 aliphatic rings. The molecule has 3 unspecified atom stereocenters. The number of phenolic OH excluding ortho intramolecular Hbond substituents is 1. The van der Waals surface area contributed by atoms with Gasteiger partial charge < -0.3 is 29.6 Å². The van der Waals surface area contributed by atoms with Crippen molar-refractivity contribution < 1.29 is 28.5 Å². The molecule has 230 valence electrons. The molecule has 44 heavy (non-hydrogen) atoms. The largest absolute Gasteiger partial charge is 0.507 e. The SMILES string of the molecule is C=CC(=O)N1CC2COC3=C(c4cc(F)c(-c5c(O)cccc5Cl)c(F)c4N(c4c(C)ccnc4C(C)C)C3O)N2CC1C. The van der Waals surface area contributed by atoms with Crippen LogP contribution in [0.15, 0.2) is 54.9 Å². The van der Waals surface area contributed by atoms with Crippen LogP contribution in [0.3, 0.4) is 0 Å². The fourth-order valence-corrected chi connectivity index (χ4v) is 6.82. The molecule has 0 saturated carbocycles. The van der Waals surface area contributed by atoms with Crippen LogP contribution in [-0.4, -0.2) is 68.9 Å². The summed E-state index contributed by atoms with van der Waals surface area (Å²) in [5.74, 6) is -2.54. The highest BCUT2D eigenvalue weighted by Crippen LogP contribution is 2.52. The van der Waals surface area contributed by atoms with Crippen LogP contribution in [0.2, 0.25) is 5.02 Å². The molecule has 8 nitrogen and oxygen atoms in total. The molecule has 3 atom stereocenters. The average molecular weight is 623 g/mol. The van der Waals surface area contributed by atoms with Gasteiger partial charge in [-0.15, -0.1) is 0 Å². The summed E-state index contributed by atoms with van der Waals surface area (Å²) < 4.78 is 39.6. The fourth-order valence-electron chi connectivity index (χ4n) is 6.55. The zero-order chi connectivity index (χ0) is 31.6. The number of amides is 1. The van der Waals surface area contributed by atoms with E-state index in [0.29, 0.717) is 35.7 Å². The number of nitrogens with zero attached hydrogens (tertiary/aromatic N) is 4. The smallest absolute Gasteiger partial charge is 0.246 e. The van der Waals surface area contributed by atoms with Crippen molar-refractivity contribution in [1.82, 2.24) is 14.8 Å². The molecule has 11 heteroatoms. The Morgan fingerprint density at radius 2 is 1.95 bits per heavy atom. The minimum absolute atomic E-state index is 0.0381. The molecule has 3 aromatic rings. The highest BCUT2D eigenvalue weighted by molar-refractivity contribution is 6.33. The minimum Gasteiger partial charge on any atom is -0.507 e. The average Bonchev–Trinajstić information content (AvgIpc) is 2.98. The third-order valence-corrected chi connectivity index (χ3v) is 8.92. The lowest BCUT2D eigenvalue weighted by molar-refractivity contribution is -0.132. The molecule has 0 aliphatic carbocycles. The molecule has 1 amide bonds. The maximum Gasteiger partial charge on any atom is 0.246 e. The van der Waals surface area contributed by atoms with Crippen molar-refractivity contribution in [1.29, 1.82) is 0 Å². The van der Waals surface area contributed by atoms with Crippen LogP contribution >= 0.6 is 11.6 Å².